The SMILES string of the molecule is COc1cc2c(cc1OC)C(c1ccc3c(c1)OCO3)OCC2. The van der Waals surface area contributed by atoms with Crippen molar-refractivity contribution >= 4 is 0 Å². The van der Waals surface area contributed by atoms with E-state index in [1.807, 2.05) is 30.3 Å². The van der Waals surface area contributed by atoms with E-state index in [0.717, 1.165) is 34.8 Å². The smallest absolute Gasteiger partial charge is 0.231 e. The minimum Gasteiger partial charge on any atom is -0.493 e. The molecule has 2 aromatic carbocycles. The topological polar surface area (TPSA) is 46.2 Å². The lowest BCUT2D eigenvalue weighted by molar-refractivity contribution is 0.0693. The largest absolute Gasteiger partial charge is 0.493 e. The van der Waals surface area contributed by atoms with Gasteiger partial charge < -0.3 is 23.7 Å². The van der Waals surface area contributed by atoms with E-state index < -0.39 is 0 Å². The van der Waals surface area contributed by atoms with E-state index in [9.17, 15) is 0 Å². The van der Waals surface area contributed by atoms with E-state index in [1.54, 1.807) is 14.2 Å². The summed E-state index contributed by atoms with van der Waals surface area (Å²) >= 11 is 0. The number of hydrogen-bond donors (Lipinski definition) is 0. The molecular weight excluding hydrogens is 296 g/mol. The van der Waals surface area contributed by atoms with Crippen molar-refractivity contribution in [2.75, 3.05) is 27.6 Å². The van der Waals surface area contributed by atoms with Gasteiger partial charge in [-0.05, 0) is 47.4 Å². The van der Waals surface area contributed by atoms with Gasteiger partial charge in [-0.2, -0.15) is 0 Å². The summed E-state index contributed by atoms with van der Waals surface area (Å²) in [5.74, 6) is 3.00. The normalized spacial score (nSPS) is 18.4. The molecule has 23 heavy (non-hydrogen) atoms. The molecule has 0 bridgehead atoms. The van der Waals surface area contributed by atoms with Crippen molar-refractivity contribution < 1.29 is 23.7 Å². The van der Waals surface area contributed by atoms with Crippen molar-refractivity contribution in [3.8, 4) is 23.0 Å². The molecule has 0 amide bonds. The predicted octanol–water partition coefficient (Wildman–Crippen LogP) is 3.09. The van der Waals surface area contributed by atoms with Crippen LogP contribution in [-0.4, -0.2) is 27.6 Å². The van der Waals surface area contributed by atoms with Gasteiger partial charge in [-0.15, -0.1) is 0 Å². The highest BCUT2D eigenvalue weighted by molar-refractivity contribution is 5.52. The maximum absolute atomic E-state index is 6.03. The van der Waals surface area contributed by atoms with Crippen LogP contribution in [-0.2, 0) is 11.2 Å². The Morgan fingerprint density at radius 3 is 2.57 bits per heavy atom. The molecule has 0 spiro atoms. The van der Waals surface area contributed by atoms with Crippen LogP contribution in [0.15, 0.2) is 30.3 Å². The molecule has 4 rings (SSSR count). The summed E-state index contributed by atoms with van der Waals surface area (Å²) in [6.45, 7) is 0.938. The van der Waals surface area contributed by atoms with Crippen LogP contribution >= 0.6 is 0 Å². The zero-order chi connectivity index (χ0) is 15.8. The van der Waals surface area contributed by atoms with Crippen molar-refractivity contribution in [3.63, 3.8) is 0 Å². The summed E-state index contributed by atoms with van der Waals surface area (Å²) in [4.78, 5) is 0. The summed E-state index contributed by atoms with van der Waals surface area (Å²) in [6.07, 6.45) is 0.713. The second-order valence-electron chi connectivity index (χ2n) is 5.52. The van der Waals surface area contributed by atoms with Crippen LogP contribution < -0.4 is 18.9 Å². The molecule has 2 aromatic rings. The van der Waals surface area contributed by atoms with Gasteiger partial charge in [0.1, 0.15) is 6.10 Å². The third-order valence-corrected chi connectivity index (χ3v) is 4.28. The number of rotatable bonds is 3. The van der Waals surface area contributed by atoms with Crippen molar-refractivity contribution in [2.24, 2.45) is 0 Å². The summed E-state index contributed by atoms with van der Waals surface area (Å²) in [5, 5.41) is 0. The van der Waals surface area contributed by atoms with Gasteiger partial charge in [0.2, 0.25) is 6.79 Å². The van der Waals surface area contributed by atoms with Gasteiger partial charge in [-0.3, -0.25) is 0 Å². The Bertz CT molecular complexity index is 740. The fourth-order valence-corrected chi connectivity index (χ4v) is 3.13. The van der Waals surface area contributed by atoms with Crippen molar-refractivity contribution in [1.29, 1.82) is 0 Å². The highest BCUT2D eigenvalue weighted by Crippen LogP contribution is 2.42. The summed E-state index contributed by atoms with van der Waals surface area (Å²) in [7, 11) is 3.29. The number of hydrogen-bond acceptors (Lipinski definition) is 5. The maximum atomic E-state index is 6.03. The monoisotopic (exact) mass is 314 g/mol. The lowest BCUT2D eigenvalue weighted by Crippen LogP contribution is -2.17. The fourth-order valence-electron chi connectivity index (χ4n) is 3.13. The molecule has 0 aliphatic carbocycles. The van der Waals surface area contributed by atoms with Crippen LogP contribution in [0.2, 0.25) is 0 Å². The van der Waals surface area contributed by atoms with Gasteiger partial charge in [-0.25, -0.2) is 0 Å². The molecule has 0 radical (unpaired) electrons. The third-order valence-electron chi connectivity index (χ3n) is 4.28. The van der Waals surface area contributed by atoms with Crippen LogP contribution in [0.3, 0.4) is 0 Å². The molecule has 2 aliphatic rings. The van der Waals surface area contributed by atoms with Gasteiger partial charge >= 0.3 is 0 Å². The molecule has 0 saturated heterocycles. The van der Waals surface area contributed by atoms with Gasteiger partial charge in [-0.1, -0.05) is 6.07 Å². The van der Waals surface area contributed by atoms with Gasteiger partial charge in [0, 0.05) is 0 Å². The van der Waals surface area contributed by atoms with E-state index >= 15 is 0 Å². The standard InChI is InChI=1S/C18H18O5/c1-19-15-7-11-5-6-21-18(13(11)9-16(15)20-2)12-3-4-14-17(8-12)23-10-22-14/h3-4,7-9,18H,5-6,10H2,1-2H3. The number of methoxy groups -OCH3 is 2. The fraction of sp³-hybridized carbons (Fsp3) is 0.333. The van der Waals surface area contributed by atoms with Gasteiger partial charge in [0.05, 0.1) is 20.8 Å². The lowest BCUT2D eigenvalue weighted by Gasteiger charge is -2.27. The van der Waals surface area contributed by atoms with Crippen LogP contribution in [0.1, 0.15) is 22.8 Å². The first-order valence-electron chi connectivity index (χ1n) is 7.56. The first-order chi connectivity index (χ1) is 11.3. The second kappa shape index (κ2) is 5.66. The molecule has 0 aromatic heterocycles. The molecule has 1 unspecified atom stereocenters. The van der Waals surface area contributed by atoms with E-state index in [4.69, 9.17) is 23.7 Å². The van der Waals surface area contributed by atoms with E-state index in [0.29, 0.717) is 12.4 Å². The zero-order valence-corrected chi connectivity index (χ0v) is 13.1. The van der Waals surface area contributed by atoms with Crippen molar-refractivity contribution in [1.82, 2.24) is 0 Å². The second-order valence-corrected chi connectivity index (χ2v) is 5.52. The Hall–Kier alpha value is -2.40. The van der Waals surface area contributed by atoms with Crippen LogP contribution in [0, 0.1) is 0 Å². The highest BCUT2D eigenvalue weighted by atomic mass is 16.7. The molecule has 1 atom stereocenters. The number of benzene rings is 2. The van der Waals surface area contributed by atoms with E-state index in [2.05, 4.69) is 0 Å². The molecule has 0 N–H and O–H groups in total. The quantitative estimate of drug-likeness (QED) is 0.871. The molecule has 0 saturated carbocycles. The van der Waals surface area contributed by atoms with E-state index in [-0.39, 0.29) is 12.9 Å². The Kier molecular flexibility index (Phi) is 3.50. The predicted molar refractivity (Wildman–Crippen MR) is 83.6 cm³/mol. The molecule has 120 valence electrons. The Morgan fingerprint density at radius 2 is 1.74 bits per heavy atom. The Morgan fingerprint density at radius 1 is 0.957 bits per heavy atom. The first-order valence-corrected chi connectivity index (χ1v) is 7.56. The molecular formula is C18H18O5. The zero-order valence-electron chi connectivity index (χ0n) is 13.1. The molecule has 2 aliphatic heterocycles. The lowest BCUT2D eigenvalue weighted by atomic mass is 9.92. The van der Waals surface area contributed by atoms with Crippen molar-refractivity contribution in [2.45, 2.75) is 12.5 Å². The number of ether oxygens (including phenoxy) is 5. The molecule has 5 nitrogen and oxygen atoms in total. The maximum Gasteiger partial charge on any atom is 0.231 e. The minimum absolute atomic E-state index is 0.145. The van der Waals surface area contributed by atoms with Crippen LogP contribution in [0.5, 0.6) is 23.0 Å². The van der Waals surface area contributed by atoms with Crippen LogP contribution in [0.4, 0.5) is 0 Å². The number of fused-ring (bicyclic) bond motifs is 2. The average Bonchev–Trinajstić information content (AvgIpc) is 3.07. The highest BCUT2D eigenvalue weighted by Gasteiger charge is 2.26. The van der Waals surface area contributed by atoms with Gasteiger partial charge in [0.25, 0.3) is 0 Å². The van der Waals surface area contributed by atoms with E-state index in [1.165, 1.54) is 5.56 Å². The Labute approximate surface area is 134 Å². The summed E-state index contributed by atoms with van der Waals surface area (Å²) in [5.41, 5.74) is 3.37. The Balaban J connectivity index is 1.78. The summed E-state index contributed by atoms with van der Waals surface area (Å²) in [6, 6.07) is 9.97. The van der Waals surface area contributed by atoms with Crippen LogP contribution in [0.25, 0.3) is 0 Å². The molecule has 0 fully saturated rings. The average molecular weight is 314 g/mol. The van der Waals surface area contributed by atoms with Crippen molar-refractivity contribution in [3.05, 3.63) is 47.0 Å². The van der Waals surface area contributed by atoms with Gasteiger partial charge in [0.15, 0.2) is 23.0 Å². The molecule has 2 heterocycles. The summed E-state index contributed by atoms with van der Waals surface area (Å²) < 4.78 is 27.7. The third kappa shape index (κ3) is 2.37. The molecule has 5 heteroatoms. The minimum atomic E-state index is -0.145. The first kappa shape index (κ1) is 14.2.